The van der Waals surface area contributed by atoms with Crippen LogP contribution in [0.4, 0.5) is 17.1 Å². The third kappa shape index (κ3) is 6.18. The van der Waals surface area contributed by atoms with Gasteiger partial charge in [0.1, 0.15) is 11.5 Å². The van der Waals surface area contributed by atoms with Crippen LogP contribution in [0.1, 0.15) is 0 Å². The summed E-state index contributed by atoms with van der Waals surface area (Å²) in [6.07, 6.45) is 0. The summed E-state index contributed by atoms with van der Waals surface area (Å²) in [5.41, 5.74) is 7.24. The van der Waals surface area contributed by atoms with E-state index in [4.69, 9.17) is 27.9 Å². The number of benzene rings is 6. The molecule has 2 nitrogen and oxygen atoms in total. The van der Waals surface area contributed by atoms with Gasteiger partial charge in [-0.2, -0.15) is 0 Å². The van der Waals surface area contributed by atoms with Crippen LogP contribution in [-0.2, 0) is 0 Å². The van der Waals surface area contributed by atoms with Gasteiger partial charge < -0.3 is 9.64 Å². The maximum Gasteiger partial charge on any atom is 0.130 e. The van der Waals surface area contributed by atoms with Crippen LogP contribution in [0.25, 0.3) is 22.3 Å². The number of anilines is 3. The van der Waals surface area contributed by atoms with Gasteiger partial charge in [-0.15, -0.1) is 0 Å². The Labute approximate surface area is 258 Å². The average Bonchev–Trinajstić information content (AvgIpc) is 2.98. The molecule has 0 aliphatic carbocycles. The summed E-state index contributed by atoms with van der Waals surface area (Å²) in [4.78, 5) is 2.24. The first-order valence-corrected chi connectivity index (χ1v) is 14.6. The van der Waals surface area contributed by atoms with E-state index < -0.39 is 0 Å². The van der Waals surface area contributed by atoms with Crippen molar-refractivity contribution >= 4 is 56.2 Å². The maximum atomic E-state index is 6.59. The first-order chi connectivity index (χ1) is 20.0. The Morgan fingerprint density at radius 2 is 1.07 bits per heavy atom. The smallest absolute Gasteiger partial charge is 0.130 e. The van der Waals surface area contributed by atoms with E-state index in [9.17, 15) is 0 Å². The molecular weight excluding hydrogens is 613 g/mol. The normalized spacial score (nSPS) is 10.8. The summed E-state index contributed by atoms with van der Waals surface area (Å²) in [6, 6.07) is 48.7. The van der Waals surface area contributed by atoms with E-state index in [0.717, 1.165) is 43.8 Å². The van der Waals surface area contributed by atoms with Gasteiger partial charge in [0.05, 0.1) is 11.4 Å². The Kier molecular flexibility index (Phi) is 8.11. The monoisotopic (exact) mass is 635 g/mol. The van der Waals surface area contributed by atoms with Gasteiger partial charge in [0.25, 0.3) is 0 Å². The number of para-hydroxylation sites is 1. The highest BCUT2D eigenvalue weighted by molar-refractivity contribution is 9.10. The minimum absolute atomic E-state index is 0.613. The molecule has 0 radical (unpaired) electrons. The molecule has 200 valence electrons. The van der Waals surface area contributed by atoms with Crippen LogP contribution >= 0.6 is 39.1 Å². The highest BCUT2D eigenvalue weighted by atomic mass is 79.9. The quantitative estimate of drug-likeness (QED) is 0.173. The predicted molar refractivity (Wildman–Crippen MR) is 176 cm³/mol. The predicted octanol–water partition coefficient (Wildman–Crippen LogP) is 12.4. The summed E-state index contributed by atoms with van der Waals surface area (Å²) >= 11 is 16.6. The average molecular weight is 637 g/mol. The molecule has 0 amide bonds. The summed E-state index contributed by atoms with van der Waals surface area (Å²) < 4.78 is 7.16. The van der Waals surface area contributed by atoms with Crippen molar-refractivity contribution in [3.63, 3.8) is 0 Å². The molecule has 0 spiro atoms. The van der Waals surface area contributed by atoms with Crippen molar-refractivity contribution in [3.8, 4) is 33.8 Å². The summed E-state index contributed by atoms with van der Waals surface area (Å²) in [5.74, 6) is 1.33. The van der Waals surface area contributed by atoms with Crippen LogP contribution in [0.5, 0.6) is 11.5 Å². The minimum Gasteiger partial charge on any atom is -0.457 e. The molecule has 0 heterocycles. The van der Waals surface area contributed by atoms with Crippen LogP contribution in [-0.4, -0.2) is 0 Å². The van der Waals surface area contributed by atoms with Gasteiger partial charge in [-0.25, -0.2) is 0 Å². The lowest BCUT2D eigenvalue weighted by atomic mass is 9.94. The Hall–Kier alpha value is -4.02. The van der Waals surface area contributed by atoms with Gasteiger partial charge in [0, 0.05) is 37.4 Å². The van der Waals surface area contributed by atoms with E-state index in [0.29, 0.717) is 21.5 Å². The van der Waals surface area contributed by atoms with Crippen LogP contribution < -0.4 is 9.64 Å². The molecule has 41 heavy (non-hydrogen) atoms. The number of hydrogen-bond acceptors (Lipinski definition) is 2. The molecule has 5 heteroatoms. The standard InChI is InChI=1S/C36H24BrCl2NO/c37-27-20-31(24-33(21-27)41-32-17-8-15-29(39)23-32)40(30-16-7-14-28(38)22-30)36-34(25-10-3-1-4-11-25)18-9-19-35(36)26-12-5-2-6-13-26/h1-24H. The SMILES string of the molecule is Clc1cccc(Oc2cc(Br)cc(N(c3cccc(Cl)c3)c3c(-c4ccccc4)cccc3-c3ccccc3)c2)c1. The molecule has 0 N–H and O–H groups in total. The molecule has 0 bridgehead atoms. The number of ether oxygens (including phenoxy) is 1. The first kappa shape index (κ1) is 27.2. The molecule has 0 aromatic heterocycles. The van der Waals surface area contributed by atoms with Crippen LogP contribution in [0.15, 0.2) is 150 Å². The van der Waals surface area contributed by atoms with Crippen molar-refractivity contribution in [2.24, 2.45) is 0 Å². The molecular formula is C36H24BrCl2NO. The Bertz CT molecular complexity index is 1750. The van der Waals surface area contributed by atoms with Crippen molar-refractivity contribution < 1.29 is 4.74 Å². The van der Waals surface area contributed by atoms with Gasteiger partial charge in [0.2, 0.25) is 0 Å². The van der Waals surface area contributed by atoms with Crippen molar-refractivity contribution in [1.82, 2.24) is 0 Å². The van der Waals surface area contributed by atoms with E-state index in [2.05, 4.69) is 99.7 Å². The van der Waals surface area contributed by atoms with E-state index in [1.807, 2.05) is 60.7 Å². The zero-order chi connectivity index (χ0) is 28.2. The topological polar surface area (TPSA) is 12.5 Å². The number of rotatable bonds is 7. The van der Waals surface area contributed by atoms with E-state index in [1.54, 1.807) is 6.07 Å². The number of hydrogen-bond donors (Lipinski definition) is 0. The second-order valence-electron chi connectivity index (χ2n) is 9.45. The molecule has 0 saturated heterocycles. The van der Waals surface area contributed by atoms with Crippen LogP contribution in [0, 0.1) is 0 Å². The Balaban J connectivity index is 1.62. The highest BCUT2D eigenvalue weighted by Crippen LogP contribution is 2.48. The summed E-state index contributed by atoms with van der Waals surface area (Å²) in [5, 5.41) is 1.26. The Morgan fingerprint density at radius 1 is 0.488 bits per heavy atom. The Morgan fingerprint density at radius 3 is 1.68 bits per heavy atom. The van der Waals surface area contributed by atoms with Gasteiger partial charge in [-0.05, 0) is 59.7 Å². The lowest BCUT2D eigenvalue weighted by molar-refractivity contribution is 0.482. The van der Waals surface area contributed by atoms with Gasteiger partial charge in [-0.1, -0.05) is 130 Å². The fourth-order valence-corrected chi connectivity index (χ4v) is 5.74. The van der Waals surface area contributed by atoms with Crippen molar-refractivity contribution in [1.29, 1.82) is 0 Å². The summed E-state index contributed by atoms with van der Waals surface area (Å²) in [6.45, 7) is 0. The molecule has 0 aliphatic heterocycles. The second-order valence-corrected chi connectivity index (χ2v) is 11.2. The lowest BCUT2D eigenvalue weighted by Gasteiger charge is -2.31. The molecule has 0 aliphatic rings. The van der Waals surface area contributed by atoms with Gasteiger partial charge in [-0.3, -0.25) is 0 Å². The number of nitrogens with zero attached hydrogens (tertiary/aromatic N) is 1. The number of halogens is 3. The zero-order valence-electron chi connectivity index (χ0n) is 21.8. The highest BCUT2D eigenvalue weighted by Gasteiger charge is 2.23. The molecule has 0 unspecified atom stereocenters. The molecule has 0 fully saturated rings. The van der Waals surface area contributed by atoms with E-state index >= 15 is 0 Å². The van der Waals surface area contributed by atoms with Gasteiger partial charge >= 0.3 is 0 Å². The molecule has 6 aromatic rings. The van der Waals surface area contributed by atoms with Crippen molar-refractivity contribution in [2.45, 2.75) is 0 Å². The van der Waals surface area contributed by atoms with Crippen molar-refractivity contribution in [2.75, 3.05) is 4.90 Å². The van der Waals surface area contributed by atoms with Crippen LogP contribution in [0.2, 0.25) is 10.0 Å². The second kappa shape index (κ2) is 12.2. The zero-order valence-corrected chi connectivity index (χ0v) is 24.9. The molecule has 6 rings (SSSR count). The maximum absolute atomic E-state index is 6.59. The fourth-order valence-electron chi connectivity index (χ4n) is 4.91. The minimum atomic E-state index is 0.613. The molecule has 0 atom stereocenters. The fraction of sp³-hybridized carbons (Fsp3) is 0. The molecule has 6 aromatic carbocycles. The third-order valence-electron chi connectivity index (χ3n) is 6.64. The van der Waals surface area contributed by atoms with Crippen LogP contribution in [0.3, 0.4) is 0 Å². The van der Waals surface area contributed by atoms with E-state index in [-0.39, 0.29) is 0 Å². The molecule has 0 saturated carbocycles. The van der Waals surface area contributed by atoms with Crippen molar-refractivity contribution in [3.05, 3.63) is 160 Å². The lowest BCUT2D eigenvalue weighted by Crippen LogP contribution is -2.13. The van der Waals surface area contributed by atoms with E-state index in [1.165, 1.54) is 0 Å². The first-order valence-electron chi connectivity index (χ1n) is 13.1. The van der Waals surface area contributed by atoms with Gasteiger partial charge in [0.15, 0.2) is 0 Å². The third-order valence-corrected chi connectivity index (χ3v) is 7.57. The summed E-state index contributed by atoms with van der Waals surface area (Å²) in [7, 11) is 0. The largest absolute Gasteiger partial charge is 0.457 e.